The van der Waals surface area contributed by atoms with Gasteiger partial charge in [0.25, 0.3) is 0 Å². The van der Waals surface area contributed by atoms with Crippen LogP contribution in [0.3, 0.4) is 0 Å². The summed E-state index contributed by atoms with van der Waals surface area (Å²) < 4.78 is 33.8. The molecule has 0 saturated carbocycles. The maximum Gasteiger partial charge on any atom is 0.307 e. The topological polar surface area (TPSA) is 178 Å². The lowest BCUT2D eigenvalue weighted by atomic mass is 9.60. The number of carbonyl (C=O) groups is 6. The van der Waals surface area contributed by atoms with Gasteiger partial charge in [-0.2, -0.15) is 0 Å². The van der Waals surface area contributed by atoms with E-state index in [0.717, 1.165) is 13.8 Å². The van der Waals surface area contributed by atoms with E-state index >= 15 is 0 Å². The summed E-state index contributed by atoms with van der Waals surface area (Å²) in [5.74, 6) is -5.00. The van der Waals surface area contributed by atoms with Crippen molar-refractivity contribution < 1.29 is 62.3 Å². The van der Waals surface area contributed by atoms with Crippen molar-refractivity contribution in [3.63, 3.8) is 0 Å². The minimum absolute atomic E-state index is 0.139. The highest BCUT2D eigenvalue weighted by Crippen LogP contribution is 2.51. The Morgan fingerprint density at radius 1 is 0.733 bits per heavy atom. The summed E-state index contributed by atoms with van der Waals surface area (Å²) in [5.41, 5.74) is 0.140. The Hall–Kier alpha value is -4.00. The number of rotatable bonds is 7. The van der Waals surface area contributed by atoms with Crippen LogP contribution < -0.4 is 0 Å². The molecule has 45 heavy (non-hydrogen) atoms. The monoisotopic (exact) mass is 636 g/mol. The molecule has 0 spiro atoms. The van der Waals surface area contributed by atoms with Gasteiger partial charge in [0.1, 0.15) is 24.9 Å². The maximum absolute atomic E-state index is 12.6. The van der Waals surface area contributed by atoms with Crippen LogP contribution in [0.4, 0.5) is 0 Å². The second kappa shape index (κ2) is 15.3. The molecule has 0 radical (unpaired) electrons. The molecule has 250 valence electrons. The number of esters is 6. The molecule has 0 saturated heterocycles. The Labute approximate surface area is 262 Å². The largest absolute Gasteiger partial charge is 0.461 e. The molecule has 0 heterocycles. The Morgan fingerprint density at radius 2 is 1.24 bits per heavy atom. The van der Waals surface area contributed by atoms with Gasteiger partial charge in [0.05, 0.1) is 6.10 Å². The number of ether oxygens (including phenoxy) is 6. The minimum Gasteiger partial charge on any atom is -0.461 e. The van der Waals surface area contributed by atoms with Crippen molar-refractivity contribution in [2.45, 2.75) is 113 Å². The number of carbonyl (C=O) groups excluding carboxylic acids is 6. The van der Waals surface area contributed by atoms with Gasteiger partial charge >= 0.3 is 35.8 Å². The van der Waals surface area contributed by atoms with Crippen molar-refractivity contribution in [1.29, 1.82) is 0 Å². The fraction of sp³-hybridized carbons (Fsp3) is 0.625. The minimum atomic E-state index is -1.43. The fourth-order valence-electron chi connectivity index (χ4n) is 6.02. The van der Waals surface area contributed by atoms with Crippen LogP contribution in [-0.2, 0) is 57.2 Å². The number of hydrogen-bond donors (Lipinski definition) is 1. The lowest BCUT2D eigenvalue weighted by Gasteiger charge is -2.48. The molecule has 0 aromatic heterocycles. The van der Waals surface area contributed by atoms with Gasteiger partial charge < -0.3 is 33.5 Å². The average molecular weight is 637 g/mol. The Kier molecular flexibility index (Phi) is 12.7. The predicted molar refractivity (Wildman–Crippen MR) is 157 cm³/mol. The van der Waals surface area contributed by atoms with Crippen molar-refractivity contribution >= 4 is 35.8 Å². The maximum atomic E-state index is 12.6. The normalized spacial score (nSPS) is 26.7. The summed E-state index contributed by atoms with van der Waals surface area (Å²) >= 11 is 0. The molecule has 1 N–H and O–H groups in total. The molecule has 6 atom stereocenters. The molecular weight excluding hydrogens is 592 g/mol. The lowest BCUT2D eigenvalue weighted by Crippen LogP contribution is -2.49. The standard InChI is InChI=1S/C32H44O13/c1-15-26(41-18(4)34)12-24-28(43-20(6)36)11-23(14-40-17(3)33)25(39)13-27(42-19(5)35)16(2)30(44-21(7)37)31(45-22(8)38)29(15)32(24,9)10/h11,24-28,31,39H,12-14H2,1-10H3/t24-,25?,26?,27?,28?,31+/m0/s1. The number of hydrogen-bond acceptors (Lipinski definition) is 13. The zero-order valence-electron chi connectivity index (χ0n) is 27.5. The molecule has 0 aliphatic heterocycles. The quantitative estimate of drug-likeness (QED) is 0.245. The number of aliphatic hydroxyl groups excluding tert-OH is 1. The molecule has 13 nitrogen and oxygen atoms in total. The van der Waals surface area contributed by atoms with Crippen LogP contribution in [0.1, 0.15) is 82.1 Å². The molecular formula is C32H44O13. The fourth-order valence-corrected chi connectivity index (χ4v) is 6.02. The predicted octanol–water partition coefficient (Wildman–Crippen LogP) is 3.17. The molecule has 2 aliphatic carbocycles. The highest BCUT2D eigenvalue weighted by atomic mass is 16.6. The van der Waals surface area contributed by atoms with Gasteiger partial charge in [-0.05, 0) is 48.5 Å². The molecule has 0 aromatic carbocycles. The highest BCUT2D eigenvalue weighted by molar-refractivity contribution is 5.71. The van der Waals surface area contributed by atoms with Gasteiger partial charge in [-0.1, -0.05) is 13.8 Å². The van der Waals surface area contributed by atoms with E-state index in [-0.39, 0.29) is 36.4 Å². The van der Waals surface area contributed by atoms with Crippen LogP contribution in [0.15, 0.2) is 34.1 Å². The first kappa shape index (κ1) is 37.2. The van der Waals surface area contributed by atoms with Crippen molar-refractivity contribution in [3.8, 4) is 0 Å². The van der Waals surface area contributed by atoms with E-state index in [0.29, 0.717) is 11.1 Å². The van der Waals surface area contributed by atoms with Gasteiger partial charge in [-0.3, -0.25) is 28.8 Å². The molecule has 0 amide bonds. The van der Waals surface area contributed by atoms with E-state index in [9.17, 15) is 33.9 Å². The lowest BCUT2D eigenvalue weighted by molar-refractivity contribution is -0.156. The van der Waals surface area contributed by atoms with Gasteiger partial charge in [-0.15, -0.1) is 0 Å². The first-order valence-corrected chi connectivity index (χ1v) is 14.6. The van der Waals surface area contributed by atoms with Crippen LogP contribution in [0.25, 0.3) is 0 Å². The summed E-state index contributed by atoms with van der Waals surface area (Å²) in [4.78, 5) is 73.8. The summed E-state index contributed by atoms with van der Waals surface area (Å²) in [6, 6.07) is 0. The van der Waals surface area contributed by atoms with Crippen LogP contribution >= 0.6 is 0 Å². The summed E-state index contributed by atoms with van der Waals surface area (Å²) in [5, 5.41) is 11.5. The molecule has 2 bridgehead atoms. The second-order valence-electron chi connectivity index (χ2n) is 11.8. The summed E-state index contributed by atoms with van der Waals surface area (Å²) in [7, 11) is 0. The smallest absolute Gasteiger partial charge is 0.307 e. The summed E-state index contributed by atoms with van der Waals surface area (Å²) in [6.45, 7) is 13.5. The highest BCUT2D eigenvalue weighted by Gasteiger charge is 2.51. The molecule has 0 fully saturated rings. The molecule has 0 aromatic rings. The Bertz CT molecular complexity index is 1300. The summed E-state index contributed by atoms with van der Waals surface area (Å²) in [6.07, 6.45) is -4.72. The van der Waals surface area contributed by atoms with Crippen molar-refractivity contribution in [3.05, 3.63) is 34.1 Å². The number of aliphatic hydroxyl groups is 1. The molecule has 2 rings (SSSR count). The Morgan fingerprint density at radius 3 is 1.71 bits per heavy atom. The third-order valence-corrected chi connectivity index (χ3v) is 7.91. The zero-order valence-corrected chi connectivity index (χ0v) is 27.5. The van der Waals surface area contributed by atoms with E-state index in [1.165, 1.54) is 40.7 Å². The van der Waals surface area contributed by atoms with Crippen LogP contribution in [0.5, 0.6) is 0 Å². The van der Waals surface area contributed by atoms with Crippen LogP contribution in [-0.4, -0.2) is 78.0 Å². The Balaban J connectivity index is 3.15. The van der Waals surface area contributed by atoms with Crippen molar-refractivity contribution in [1.82, 2.24) is 0 Å². The second-order valence-corrected chi connectivity index (χ2v) is 11.8. The zero-order chi connectivity index (χ0) is 34.4. The van der Waals surface area contributed by atoms with Crippen molar-refractivity contribution in [2.75, 3.05) is 6.61 Å². The van der Waals surface area contributed by atoms with E-state index in [4.69, 9.17) is 28.4 Å². The SMILES string of the molecule is CC(=O)OCC1=CC(OC(C)=O)[C@@H]2CC(OC(C)=O)C(C)=C([C@@H](OC(C)=O)C(OC(C)=O)=C(C)C(OC(C)=O)CC1O)C2(C)C. The first-order chi connectivity index (χ1) is 20.8. The van der Waals surface area contributed by atoms with Gasteiger partial charge in [0.2, 0.25) is 0 Å². The van der Waals surface area contributed by atoms with Crippen LogP contribution in [0.2, 0.25) is 0 Å². The first-order valence-electron chi connectivity index (χ1n) is 14.6. The molecule has 4 unspecified atom stereocenters. The van der Waals surface area contributed by atoms with Gasteiger partial charge in [0.15, 0.2) is 11.9 Å². The van der Waals surface area contributed by atoms with E-state index in [2.05, 4.69) is 0 Å². The number of fused-ring (bicyclic) bond motifs is 2. The van der Waals surface area contributed by atoms with E-state index in [1.807, 2.05) is 0 Å². The van der Waals surface area contributed by atoms with Gasteiger partial charge in [0, 0.05) is 59.5 Å². The van der Waals surface area contributed by atoms with Crippen molar-refractivity contribution in [2.24, 2.45) is 11.3 Å². The van der Waals surface area contributed by atoms with E-state index in [1.54, 1.807) is 20.8 Å². The molecule has 2 aliphatic rings. The molecule has 13 heteroatoms. The third kappa shape index (κ3) is 9.74. The third-order valence-electron chi connectivity index (χ3n) is 7.91. The van der Waals surface area contributed by atoms with Gasteiger partial charge in [-0.25, -0.2) is 0 Å². The van der Waals surface area contributed by atoms with Crippen LogP contribution in [0, 0.1) is 11.3 Å². The average Bonchev–Trinajstić information content (AvgIpc) is 2.87. The van der Waals surface area contributed by atoms with E-state index < -0.39 is 77.7 Å².